The molecule has 1 aromatic heterocycles. The van der Waals surface area contributed by atoms with E-state index in [-0.39, 0.29) is 17.4 Å². The van der Waals surface area contributed by atoms with Crippen LogP contribution in [0.1, 0.15) is 5.56 Å². The number of halogens is 1. The van der Waals surface area contributed by atoms with Gasteiger partial charge in [0.1, 0.15) is 0 Å². The van der Waals surface area contributed by atoms with Gasteiger partial charge in [-0.05, 0) is 13.0 Å². The third kappa shape index (κ3) is 2.40. The summed E-state index contributed by atoms with van der Waals surface area (Å²) in [5, 5.41) is 10.5. The first kappa shape index (κ1) is 11.9. The minimum absolute atomic E-state index is 0.0200. The number of benzene rings is 1. The van der Waals surface area contributed by atoms with Crippen LogP contribution in [-0.4, -0.2) is 14.9 Å². The lowest BCUT2D eigenvalue weighted by atomic mass is 10.2. The summed E-state index contributed by atoms with van der Waals surface area (Å²) < 4.78 is 18.8. The average molecular weight is 249 g/mol. The summed E-state index contributed by atoms with van der Waals surface area (Å²) >= 11 is 0. The molecule has 0 amide bonds. The van der Waals surface area contributed by atoms with Gasteiger partial charge in [0.25, 0.3) is 5.69 Å². The zero-order valence-corrected chi connectivity index (χ0v) is 9.33. The highest BCUT2D eigenvalue weighted by Gasteiger charge is 2.16. The summed E-state index contributed by atoms with van der Waals surface area (Å²) in [5.41, 5.74) is -0.0273. The number of nitrogens with zero attached hydrogens (tertiary/aromatic N) is 3. The topological polar surface area (TPSA) is 78.2 Å². The van der Waals surface area contributed by atoms with E-state index in [0.29, 0.717) is 5.56 Å². The van der Waals surface area contributed by atoms with Crippen LogP contribution in [0, 0.1) is 22.9 Å². The van der Waals surface area contributed by atoms with E-state index in [2.05, 4.69) is 9.97 Å². The Labute approximate surface area is 101 Å². The maximum absolute atomic E-state index is 13.7. The first-order valence-electron chi connectivity index (χ1n) is 4.97. The molecule has 0 saturated carbocycles. The molecular formula is C11H8FN3O3. The fraction of sp³-hybridized carbons (Fsp3) is 0.0909. The molecular weight excluding hydrogens is 241 g/mol. The largest absolute Gasteiger partial charge is 0.421 e. The van der Waals surface area contributed by atoms with Crippen LogP contribution in [0.2, 0.25) is 0 Å². The Kier molecular flexibility index (Phi) is 3.13. The first-order chi connectivity index (χ1) is 8.58. The zero-order valence-electron chi connectivity index (χ0n) is 9.33. The van der Waals surface area contributed by atoms with Crippen LogP contribution < -0.4 is 4.74 Å². The smallest absolute Gasteiger partial charge is 0.321 e. The number of hydrogen-bond acceptors (Lipinski definition) is 5. The Morgan fingerprint density at radius 3 is 2.56 bits per heavy atom. The Balaban J connectivity index is 2.37. The van der Waals surface area contributed by atoms with Gasteiger partial charge < -0.3 is 4.74 Å². The van der Waals surface area contributed by atoms with Gasteiger partial charge in [-0.3, -0.25) is 10.1 Å². The van der Waals surface area contributed by atoms with E-state index in [0.717, 1.165) is 6.07 Å². The third-order valence-electron chi connectivity index (χ3n) is 2.16. The molecule has 0 spiro atoms. The highest BCUT2D eigenvalue weighted by molar-refractivity contribution is 5.45. The van der Waals surface area contributed by atoms with Crippen molar-refractivity contribution in [1.82, 2.24) is 9.97 Å². The van der Waals surface area contributed by atoms with Gasteiger partial charge in [0.05, 0.1) is 11.0 Å². The van der Waals surface area contributed by atoms with Crippen molar-refractivity contribution < 1.29 is 14.1 Å². The molecule has 2 rings (SSSR count). The van der Waals surface area contributed by atoms with Crippen LogP contribution in [0.15, 0.2) is 30.6 Å². The van der Waals surface area contributed by atoms with Crippen LogP contribution in [0.5, 0.6) is 11.8 Å². The molecule has 0 N–H and O–H groups in total. The quantitative estimate of drug-likeness (QED) is 0.617. The van der Waals surface area contributed by atoms with Gasteiger partial charge in [-0.15, -0.1) is 0 Å². The van der Waals surface area contributed by atoms with E-state index in [1.165, 1.54) is 25.4 Å². The molecule has 0 radical (unpaired) electrons. The molecule has 2 aromatic rings. The van der Waals surface area contributed by atoms with E-state index >= 15 is 0 Å². The minimum Gasteiger partial charge on any atom is -0.421 e. The molecule has 0 aliphatic rings. The molecule has 0 unspecified atom stereocenters. The van der Waals surface area contributed by atoms with Gasteiger partial charge >= 0.3 is 6.01 Å². The standard InChI is InChI=1S/C11H8FN3O3/c1-7-5-8(15(16)17)6-9(12)10(7)18-11-13-3-2-4-14-11/h2-6H,1H3. The van der Waals surface area contributed by atoms with Crippen molar-refractivity contribution in [3.63, 3.8) is 0 Å². The van der Waals surface area contributed by atoms with Crippen molar-refractivity contribution in [2.75, 3.05) is 0 Å². The molecule has 0 bridgehead atoms. The summed E-state index contributed by atoms with van der Waals surface area (Å²) in [6, 6.07) is 3.59. The van der Waals surface area contributed by atoms with E-state index in [1.54, 1.807) is 6.07 Å². The number of ether oxygens (including phenoxy) is 1. The van der Waals surface area contributed by atoms with E-state index in [4.69, 9.17) is 4.74 Å². The number of non-ortho nitro benzene ring substituents is 1. The highest BCUT2D eigenvalue weighted by atomic mass is 19.1. The summed E-state index contributed by atoms with van der Waals surface area (Å²) in [7, 11) is 0. The van der Waals surface area contributed by atoms with Gasteiger partial charge in [0.15, 0.2) is 11.6 Å². The van der Waals surface area contributed by atoms with Gasteiger partial charge in [-0.25, -0.2) is 14.4 Å². The molecule has 6 nitrogen and oxygen atoms in total. The second kappa shape index (κ2) is 4.74. The van der Waals surface area contributed by atoms with Crippen LogP contribution in [0.25, 0.3) is 0 Å². The molecule has 1 aromatic carbocycles. The van der Waals surface area contributed by atoms with Crippen LogP contribution in [0.3, 0.4) is 0 Å². The van der Waals surface area contributed by atoms with Crippen LogP contribution in [0.4, 0.5) is 10.1 Å². The van der Waals surface area contributed by atoms with E-state index in [9.17, 15) is 14.5 Å². The summed E-state index contributed by atoms with van der Waals surface area (Å²) in [6.45, 7) is 1.51. The molecule has 7 heteroatoms. The molecule has 0 saturated heterocycles. The van der Waals surface area contributed by atoms with Crippen molar-refractivity contribution in [2.24, 2.45) is 0 Å². The Morgan fingerprint density at radius 2 is 2.00 bits per heavy atom. The number of aromatic nitrogens is 2. The maximum Gasteiger partial charge on any atom is 0.321 e. The predicted octanol–water partition coefficient (Wildman–Crippen LogP) is 2.62. The van der Waals surface area contributed by atoms with Gasteiger partial charge in [-0.2, -0.15) is 0 Å². The van der Waals surface area contributed by atoms with E-state index < -0.39 is 10.7 Å². The van der Waals surface area contributed by atoms with Crippen molar-refractivity contribution in [3.8, 4) is 11.8 Å². The molecule has 0 atom stereocenters. The predicted molar refractivity (Wildman–Crippen MR) is 59.9 cm³/mol. The molecule has 18 heavy (non-hydrogen) atoms. The SMILES string of the molecule is Cc1cc([N+](=O)[O-])cc(F)c1Oc1ncccn1. The number of rotatable bonds is 3. The molecule has 0 aliphatic carbocycles. The number of nitro groups is 1. The maximum atomic E-state index is 13.7. The van der Waals surface area contributed by atoms with Crippen molar-refractivity contribution >= 4 is 5.69 Å². The second-order valence-electron chi connectivity index (χ2n) is 3.46. The lowest BCUT2D eigenvalue weighted by Crippen LogP contribution is -1.97. The lowest BCUT2D eigenvalue weighted by Gasteiger charge is -2.07. The van der Waals surface area contributed by atoms with Gasteiger partial charge in [0, 0.05) is 24.0 Å². The van der Waals surface area contributed by atoms with Crippen molar-refractivity contribution in [3.05, 3.63) is 52.1 Å². The number of aryl methyl sites for hydroxylation is 1. The first-order valence-corrected chi connectivity index (χ1v) is 4.97. The van der Waals surface area contributed by atoms with Crippen molar-refractivity contribution in [2.45, 2.75) is 6.92 Å². The zero-order chi connectivity index (χ0) is 13.1. The monoisotopic (exact) mass is 249 g/mol. The normalized spacial score (nSPS) is 10.1. The van der Waals surface area contributed by atoms with Crippen LogP contribution >= 0.6 is 0 Å². The van der Waals surface area contributed by atoms with Crippen LogP contribution in [-0.2, 0) is 0 Å². The van der Waals surface area contributed by atoms with Gasteiger partial charge in [-0.1, -0.05) is 0 Å². The Morgan fingerprint density at radius 1 is 1.33 bits per heavy atom. The number of hydrogen-bond donors (Lipinski definition) is 0. The fourth-order valence-corrected chi connectivity index (χ4v) is 1.38. The average Bonchev–Trinajstić information content (AvgIpc) is 2.34. The number of nitro benzene ring substituents is 1. The van der Waals surface area contributed by atoms with E-state index in [1.807, 2.05) is 0 Å². The molecule has 92 valence electrons. The van der Waals surface area contributed by atoms with Crippen molar-refractivity contribution in [1.29, 1.82) is 0 Å². The van der Waals surface area contributed by atoms with Gasteiger partial charge in [0.2, 0.25) is 0 Å². The highest BCUT2D eigenvalue weighted by Crippen LogP contribution is 2.29. The third-order valence-corrected chi connectivity index (χ3v) is 2.16. The minimum atomic E-state index is -0.825. The lowest BCUT2D eigenvalue weighted by molar-refractivity contribution is -0.385. The molecule has 0 aliphatic heterocycles. The Bertz CT molecular complexity index is 566. The fourth-order valence-electron chi connectivity index (χ4n) is 1.38. The summed E-state index contributed by atoms with van der Waals surface area (Å²) in [6.07, 6.45) is 2.89. The molecule has 1 heterocycles. The summed E-state index contributed by atoms with van der Waals surface area (Å²) in [4.78, 5) is 17.4. The Hall–Kier alpha value is -2.57. The second-order valence-corrected chi connectivity index (χ2v) is 3.46. The molecule has 0 fully saturated rings. The summed E-state index contributed by atoms with van der Waals surface area (Å²) in [5.74, 6) is -0.944.